The molecule has 0 unspecified atom stereocenters. The van der Waals surface area contributed by atoms with E-state index < -0.39 is 0 Å². The number of nitrogens with two attached hydrogens (primary N) is 1. The molecule has 0 bridgehead atoms. The van der Waals surface area contributed by atoms with E-state index in [0.29, 0.717) is 6.54 Å². The van der Waals surface area contributed by atoms with Gasteiger partial charge in [0.2, 0.25) is 0 Å². The van der Waals surface area contributed by atoms with Crippen LogP contribution in [-0.4, -0.2) is 23.0 Å². The van der Waals surface area contributed by atoms with E-state index in [1.54, 1.807) is 11.3 Å². The molecule has 3 aromatic rings. The summed E-state index contributed by atoms with van der Waals surface area (Å²) in [4.78, 5) is 6.94. The first kappa shape index (κ1) is 13.1. The van der Waals surface area contributed by atoms with Crippen LogP contribution in [0.15, 0.2) is 41.2 Å². The third-order valence-corrected chi connectivity index (χ3v) is 4.08. The molecule has 5 heteroatoms. The molecule has 3 heterocycles. The van der Waals surface area contributed by atoms with Gasteiger partial charge in [0.1, 0.15) is 5.65 Å². The van der Waals surface area contributed by atoms with E-state index >= 15 is 0 Å². The first-order chi connectivity index (χ1) is 9.79. The molecule has 0 atom stereocenters. The molecule has 0 fully saturated rings. The van der Waals surface area contributed by atoms with Gasteiger partial charge in [0.05, 0.1) is 5.69 Å². The van der Waals surface area contributed by atoms with Crippen LogP contribution in [0.25, 0.3) is 5.65 Å². The Balaban J connectivity index is 1.98. The third-order valence-electron chi connectivity index (χ3n) is 3.35. The van der Waals surface area contributed by atoms with Crippen molar-refractivity contribution < 1.29 is 0 Å². The maximum absolute atomic E-state index is 5.76. The van der Waals surface area contributed by atoms with Gasteiger partial charge in [-0.1, -0.05) is 6.07 Å². The zero-order chi connectivity index (χ0) is 13.9. The number of pyridine rings is 1. The summed E-state index contributed by atoms with van der Waals surface area (Å²) in [7, 11) is 2.08. The summed E-state index contributed by atoms with van der Waals surface area (Å²) in [5, 5.41) is 4.28. The minimum Gasteiger partial charge on any atom is -0.354 e. The highest BCUT2D eigenvalue weighted by Crippen LogP contribution is 2.23. The van der Waals surface area contributed by atoms with E-state index in [1.807, 2.05) is 18.2 Å². The summed E-state index contributed by atoms with van der Waals surface area (Å²) in [5.74, 6) is 1.02. The zero-order valence-electron chi connectivity index (χ0n) is 11.5. The smallest absolute Gasteiger partial charge is 0.151 e. The molecule has 3 aromatic heterocycles. The summed E-state index contributed by atoms with van der Waals surface area (Å²) in [6.45, 7) is 1.49. The number of fused-ring (bicyclic) bond motifs is 1. The molecule has 0 saturated heterocycles. The van der Waals surface area contributed by atoms with E-state index in [9.17, 15) is 0 Å². The predicted octanol–water partition coefficient (Wildman–Crippen LogP) is 2.53. The van der Waals surface area contributed by atoms with Gasteiger partial charge in [-0.3, -0.25) is 0 Å². The highest BCUT2D eigenvalue weighted by Gasteiger charge is 2.15. The van der Waals surface area contributed by atoms with Gasteiger partial charge in [0, 0.05) is 26.2 Å². The van der Waals surface area contributed by atoms with Gasteiger partial charge in [-0.2, -0.15) is 11.3 Å². The summed E-state index contributed by atoms with van der Waals surface area (Å²) < 4.78 is 2.13. The van der Waals surface area contributed by atoms with E-state index in [-0.39, 0.29) is 0 Å². The molecule has 104 valence electrons. The van der Waals surface area contributed by atoms with Crippen molar-refractivity contribution in [1.29, 1.82) is 0 Å². The molecule has 0 amide bonds. The van der Waals surface area contributed by atoms with Crippen LogP contribution in [0, 0.1) is 0 Å². The lowest BCUT2D eigenvalue weighted by Crippen LogP contribution is -2.19. The number of rotatable bonds is 5. The average Bonchev–Trinajstić information content (AvgIpc) is 3.07. The fourth-order valence-corrected chi connectivity index (χ4v) is 3.10. The highest BCUT2D eigenvalue weighted by molar-refractivity contribution is 7.07. The Bertz CT molecular complexity index is 687. The normalized spacial score (nSPS) is 11.1. The summed E-state index contributed by atoms with van der Waals surface area (Å²) in [6, 6.07) is 8.22. The first-order valence-corrected chi connectivity index (χ1v) is 7.62. The van der Waals surface area contributed by atoms with Gasteiger partial charge in [-0.05, 0) is 41.1 Å². The van der Waals surface area contributed by atoms with Crippen LogP contribution in [0.4, 0.5) is 5.82 Å². The maximum atomic E-state index is 5.76. The largest absolute Gasteiger partial charge is 0.354 e. The number of thiophene rings is 1. The number of hydrogen-bond acceptors (Lipinski definition) is 4. The lowest BCUT2D eigenvalue weighted by molar-refractivity contribution is 0.859. The van der Waals surface area contributed by atoms with Crippen molar-refractivity contribution in [1.82, 2.24) is 9.38 Å². The van der Waals surface area contributed by atoms with Crippen LogP contribution >= 0.6 is 11.3 Å². The number of nitrogens with zero attached hydrogens (tertiary/aromatic N) is 3. The second kappa shape index (κ2) is 5.64. The Hall–Kier alpha value is -1.85. The minimum absolute atomic E-state index is 0.627. The van der Waals surface area contributed by atoms with Gasteiger partial charge in [-0.15, -0.1) is 0 Å². The highest BCUT2D eigenvalue weighted by atomic mass is 32.1. The Labute approximate surface area is 122 Å². The molecule has 0 spiro atoms. The van der Waals surface area contributed by atoms with Gasteiger partial charge < -0.3 is 15.0 Å². The quantitative estimate of drug-likeness (QED) is 0.784. The molecule has 3 rings (SSSR count). The molecule has 2 N–H and O–H groups in total. The summed E-state index contributed by atoms with van der Waals surface area (Å²) in [6.07, 6.45) is 2.88. The van der Waals surface area contributed by atoms with Crippen molar-refractivity contribution in [2.45, 2.75) is 13.0 Å². The lowest BCUT2D eigenvalue weighted by atomic mass is 10.2. The maximum Gasteiger partial charge on any atom is 0.151 e. The molecule has 0 saturated carbocycles. The van der Waals surface area contributed by atoms with Crippen molar-refractivity contribution in [3.05, 3.63) is 52.5 Å². The SMILES string of the molecule is CN(Cc1ccsc1)c1nc2ccccn2c1CCN. The van der Waals surface area contributed by atoms with E-state index in [4.69, 9.17) is 10.7 Å². The fraction of sp³-hybridized carbons (Fsp3) is 0.267. The molecule has 0 aliphatic carbocycles. The second-order valence-corrected chi connectivity index (χ2v) is 5.62. The monoisotopic (exact) mass is 286 g/mol. The van der Waals surface area contributed by atoms with Crippen LogP contribution in [0.2, 0.25) is 0 Å². The van der Waals surface area contributed by atoms with E-state index in [2.05, 4.69) is 39.4 Å². The first-order valence-electron chi connectivity index (χ1n) is 6.68. The van der Waals surface area contributed by atoms with Gasteiger partial charge in [-0.25, -0.2) is 4.98 Å². The molecule has 0 aliphatic rings. The molecule has 20 heavy (non-hydrogen) atoms. The number of anilines is 1. The van der Waals surface area contributed by atoms with Crippen molar-refractivity contribution >= 4 is 22.8 Å². The van der Waals surface area contributed by atoms with Crippen LogP contribution in [0.1, 0.15) is 11.3 Å². The second-order valence-electron chi connectivity index (χ2n) is 4.84. The van der Waals surface area contributed by atoms with Crippen LogP contribution in [0.5, 0.6) is 0 Å². The summed E-state index contributed by atoms with van der Waals surface area (Å²) >= 11 is 1.72. The predicted molar refractivity (Wildman–Crippen MR) is 84.4 cm³/mol. The molecule has 0 radical (unpaired) electrons. The molecular formula is C15H18N4S. The van der Waals surface area contributed by atoms with Gasteiger partial charge >= 0.3 is 0 Å². The fourth-order valence-electron chi connectivity index (χ4n) is 2.44. The molecular weight excluding hydrogens is 268 g/mol. The number of hydrogen-bond donors (Lipinski definition) is 1. The Morgan fingerprint density at radius 3 is 3.00 bits per heavy atom. The number of imidazole rings is 1. The van der Waals surface area contributed by atoms with E-state index in [0.717, 1.165) is 24.4 Å². The topological polar surface area (TPSA) is 46.6 Å². The van der Waals surface area contributed by atoms with E-state index in [1.165, 1.54) is 11.3 Å². The third kappa shape index (κ3) is 2.42. The van der Waals surface area contributed by atoms with Crippen LogP contribution < -0.4 is 10.6 Å². The van der Waals surface area contributed by atoms with Crippen LogP contribution in [-0.2, 0) is 13.0 Å². The standard InChI is InChI=1S/C15H18N4S/c1-18(10-12-6-9-20-11-12)15-13(5-7-16)19-8-3-2-4-14(19)17-15/h2-4,6,8-9,11H,5,7,10,16H2,1H3. The van der Waals surface area contributed by atoms with Crippen molar-refractivity contribution in [3.63, 3.8) is 0 Å². The number of aromatic nitrogens is 2. The Morgan fingerprint density at radius 2 is 2.25 bits per heavy atom. The van der Waals surface area contributed by atoms with Crippen molar-refractivity contribution in [3.8, 4) is 0 Å². The molecule has 0 aliphatic heterocycles. The molecule has 4 nitrogen and oxygen atoms in total. The minimum atomic E-state index is 0.627. The van der Waals surface area contributed by atoms with Gasteiger partial charge in [0.15, 0.2) is 5.82 Å². The lowest BCUT2D eigenvalue weighted by Gasteiger charge is -2.17. The Kier molecular flexibility index (Phi) is 3.71. The Morgan fingerprint density at radius 1 is 1.35 bits per heavy atom. The van der Waals surface area contributed by atoms with Crippen LogP contribution in [0.3, 0.4) is 0 Å². The zero-order valence-corrected chi connectivity index (χ0v) is 12.3. The van der Waals surface area contributed by atoms with Gasteiger partial charge in [0.25, 0.3) is 0 Å². The average molecular weight is 286 g/mol. The summed E-state index contributed by atoms with van der Waals surface area (Å²) in [5.41, 5.74) is 9.23. The van der Waals surface area contributed by atoms with Crippen molar-refractivity contribution in [2.24, 2.45) is 5.73 Å². The van der Waals surface area contributed by atoms with Crippen molar-refractivity contribution in [2.75, 3.05) is 18.5 Å². The molecule has 0 aromatic carbocycles.